The van der Waals surface area contributed by atoms with E-state index >= 15 is 0 Å². The van der Waals surface area contributed by atoms with Crippen LogP contribution in [0.15, 0.2) is 60.8 Å². The van der Waals surface area contributed by atoms with E-state index in [1.165, 1.54) is 16.9 Å². The zero-order chi connectivity index (χ0) is 18.3. The van der Waals surface area contributed by atoms with Gasteiger partial charge in [-0.15, -0.1) is 0 Å². The second-order valence-corrected chi connectivity index (χ2v) is 6.44. The highest BCUT2D eigenvalue weighted by atomic mass is 16.4. The standard InChI is InChI=1S/C20H16N2O4/c23-18(24)17-9-12-21-22(17)16-7-3-14(4-8-16)13-1-5-15(6-2-13)20(10-11-20)19(25)26/h1-9,12H,10-11H2,(H,23,24)(H,25,26). The van der Waals surface area contributed by atoms with Crippen LogP contribution in [-0.2, 0) is 10.2 Å². The lowest BCUT2D eigenvalue weighted by Crippen LogP contribution is -2.19. The topological polar surface area (TPSA) is 92.4 Å². The highest BCUT2D eigenvalue weighted by molar-refractivity contribution is 5.86. The van der Waals surface area contributed by atoms with Crippen LogP contribution < -0.4 is 0 Å². The highest BCUT2D eigenvalue weighted by Gasteiger charge is 2.51. The first-order valence-corrected chi connectivity index (χ1v) is 8.23. The molecule has 1 aliphatic rings. The number of aromatic nitrogens is 2. The summed E-state index contributed by atoms with van der Waals surface area (Å²) in [4.78, 5) is 22.6. The number of carboxylic acid groups (broad SMARTS) is 2. The number of carbonyl (C=O) groups is 2. The van der Waals surface area contributed by atoms with Crippen molar-refractivity contribution >= 4 is 11.9 Å². The van der Waals surface area contributed by atoms with Crippen LogP contribution in [0.4, 0.5) is 0 Å². The molecule has 1 aromatic heterocycles. The second kappa shape index (κ2) is 5.84. The fourth-order valence-electron chi connectivity index (χ4n) is 3.20. The van der Waals surface area contributed by atoms with Gasteiger partial charge in [-0.3, -0.25) is 4.79 Å². The third-order valence-electron chi connectivity index (χ3n) is 4.90. The molecule has 0 bridgehead atoms. The number of rotatable bonds is 5. The summed E-state index contributed by atoms with van der Waals surface area (Å²) in [5.74, 6) is -1.79. The molecule has 0 spiro atoms. The van der Waals surface area contributed by atoms with E-state index in [9.17, 15) is 19.8 Å². The molecular weight excluding hydrogens is 332 g/mol. The van der Waals surface area contributed by atoms with Gasteiger partial charge in [-0.1, -0.05) is 36.4 Å². The largest absolute Gasteiger partial charge is 0.481 e. The normalized spacial score (nSPS) is 14.8. The Morgan fingerprint density at radius 2 is 1.46 bits per heavy atom. The number of aliphatic carboxylic acids is 1. The summed E-state index contributed by atoms with van der Waals surface area (Å²) in [7, 11) is 0. The third kappa shape index (κ3) is 2.56. The van der Waals surface area contributed by atoms with E-state index in [1.807, 2.05) is 48.5 Å². The van der Waals surface area contributed by atoms with E-state index in [1.54, 1.807) is 0 Å². The molecule has 1 fully saturated rings. The summed E-state index contributed by atoms with van der Waals surface area (Å²) in [6.45, 7) is 0. The van der Waals surface area contributed by atoms with E-state index in [2.05, 4.69) is 5.10 Å². The second-order valence-electron chi connectivity index (χ2n) is 6.44. The molecule has 0 saturated heterocycles. The molecule has 1 heterocycles. The van der Waals surface area contributed by atoms with E-state index < -0.39 is 17.4 Å². The fraction of sp³-hybridized carbons (Fsp3) is 0.150. The fourth-order valence-corrected chi connectivity index (χ4v) is 3.20. The molecule has 3 aromatic rings. The number of carboxylic acids is 2. The van der Waals surface area contributed by atoms with Gasteiger partial charge in [0.2, 0.25) is 0 Å². The van der Waals surface area contributed by atoms with Gasteiger partial charge >= 0.3 is 11.9 Å². The van der Waals surface area contributed by atoms with E-state index in [-0.39, 0.29) is 5.69 Å². The molecule has 2 aromatic carbocycles. The van der Waals surface area contributed by atoms with Crippen molar-refractivity contribution < 1.29 is 19.8 Å². The van der Waals surface area contributed by atoms with Gasteiger partial charge in [0.25, 0.3) is 0 Å². The Bertz CT molecular complexity index is 983. The van der Waals surface area contributed by atoms with Crippen LogP contribution in [0.5, 0.6) is 0 Å². The monoisotopic (exact) mass is 348 g/mol. The summed E-state index contributed by atoms with van der Waals surface area (Å²) < 4.78 is 1.37. The van der Waals surface area contributed by atoms with Crippen molar-refractivity contribution in [1.82, 2.24) is 9.78 Å². The van der Waals surface area contributed by atoms with Crippen LogP contribution in [0.25, 0.3) is 16.8 Å². The molecule has 6 nitrogen and oxygen atoms in total. The third-order valence-corrected chi connectivity index (χ3v) is 4.90. The Morgan fingerprint density at radius 1 is 0.885 bits per heavy atom. The maximum absolute atomic E-state index is 11.4. The number of nitrogens with zero attached hydrogens (tertiary/aromatic N) is 2. The Labute approximate surface area is 149 Å². The average Bonchev–Trinajstić information content (AvgIpc) is 3.32. The summed E-state index contributed by atoms with van der Waals surface area (Å²) in [6.07, 6.45) is 2.82. The van der Waals surface area contributed by atoms with Crippen molar-refractivity contribution in [2.45, 2.75) is 18.3 Å². The van der Waals surface area contributed by atoms with Gasteiger partial charge in [0.15, 0.2) is 5.69 Å². The molecule has 1 saturated carbocycles. The summed E-state index contributed by atoms with van der Waals surface area (Å²) in [5.41, 5.74) is 2.84. The summed E-state index contributed by atoms with van der Waals surface area (Å²) in [6, 6.07) is 16.4. The summed E-state index contributed by atoms with van der Waals surface area (Å²) in [5, 5.41) is 22.6. The van der Waals surface area contributed by atoms with Crippen LogP contribution in [0.2, 0.25) is 0 Å². The van der Waals surface area contributed by atoms with Crippen molar-refractivity contribution in [3.8, 4) is 16.8 Å². The minimum atomic E-state index is -1.03. The Hall–Kier alpha value is -3.41. The predicted octanol–water partition coefficient (Wildman–Crippen LogP) is 3.35. The molecule has 26 heavy (non-hydrogen) atoms. The molecule has 2 N–H and O–H groups in total. The Morgan fingerprint density at radius 3 is 1.96 bits per heavy atom. The molecule has 4 rings (SSSR count). The van der Waals surface area contributed by atoms with Crippen LogP contribution >= 0.6 is 0 Å². The molecule has 6 heteroatoms. The minimum absolute atomic E-state index is 0.102. The van der Waals surface area contributed by atoms with Gasteiger partial charge in [-0.25, -0.2) is 9.48 Å². The van der Waals surface area contributed by atoms with E-state index in [0.717, 1.165) is 16.7 Å². The number of benzene rings is 2. The van der Waals surface area contributed by atoms with Gasteiger partial charge in [0.1, 0.15) is 0 Å². The van der Waals surface area contributed by atoms with Crippen LogP contribution in [0, 0.1) is 0 Å². The number of hydrogen-bond acceptors (Lipinski definition) is 3. The quantitative estimate of drug-likeness (QED) is 0.737. The Balaban J connectivity index is 1.60. The predicted molar refractivity (Wildman–Crippen MR) is 94.5 cm³/mol. The van der Waals surface area contributed by atoms with Crippen molar-refractivity contribution in [2.24, 2.45) is 0 Å². The Kier molecular flexibility index (Phi) is 3.61. The average molecular weight is 348 g/mol. The first-order valence-electron chi connectivity index (χ1n) is 8.23. The zero-order valence-electron chi connectivity index (χ0n) is 13.8. The van der Waals surface area contributed by atoms with Gasteiger partial charge in [-0.05, 0) is 47.7 Å². The van der Waals surface area contributed by atoms with Crippen molar-refractivity contribution in [3.05, 3.63) is 72.1 Å². The number of hydrogen-bond donors (Lipinski definition) is 2. The first-order chi connectivity index (χ1) is 12.5. The molecule has 1 aliphatic carbocycles. The van der Waals surface area contributed by atoms with Gasteiger partial charge < -0.3 is 10.2 Å². The van der Waals surface area contributed by atoms with Gasteiger partial charge in [-0.2, -0.15) is 5.10 Å². The molecular formula is C20H16N2O4. The minimum Gasteiger partial charge on any atom is -0.481 e. The van der Waals surface area contributed by atoms with Crippen LogP contribution in [0.3, 0.4) is 0 Å². The van der Waals surface area contributed by atoms with Crippen molar-refractivity contribution in [3.63, 3.8) is 0 Å². The maximum atomic E-state index is 11.4. The van der Waals surface area contributed by atoms with E-state index in [0.29, 0.717) is 18.5 Å². The van der Waals surface area contributed by atoms with Crippen molar-refractivity contribution in [2.75, 3.05) is 0 Å². The van der Waals surface area contributed by atoms with Gasteiger partial charge in [0.05, 0.1) is 17.3 Å². The van der Waals surface area contributed by atoms with Crippen LogP contribution in [0.1, 0.15) is 28.9 Å². The lowest BCUT2D eigenvalue weighted by atomic mass is 9.94. The molecule has 130 valence electrons. The van der Waals surface area contributed by atoms with Crippen molar-refractivity contribution in [1.29, 1.82) is 0 Å². The molecule has 0 atom stereocenters. The molecule has 0 unspecified atom stereocenters. The zero-order valence-corrected chi connectivity index (χ0v) is 13.8. The van der Waals surface area contributed by atoms with E-state index in [4.69, 9.17) is 0 Å². The van der Waals surface area contributed by atoms with Crippen LogP contribution in [-0.4, -0.2) is 31.9 Å². The maximum Gasteiger partial charge on any atom is 0.354 e. The summed E-state index contributed by atoms with van der Waals surface area (Å²) >= 11 is 0. The molecule has 0 aliphatic heterocycles. The lowest BCUT2D eigenvalue weighted by molar-refractivity contribution is -0.140. The number of aromatic carboxylic acids is 1. The highest BCUT2D eigenvalue weighted by Crippen LogP contribution is 2.48. The smallest absolute Gasteiger partial charge is 0.354 e. The molecule has 0 amide bonds. The molecule has 0 radical (unpaired) electrons. The van der Waals surface area contributed by atoms with Gasteiger partial charge in [0, 0.05) is 0 Å². The first kappa shape index (κ1) is 16.1. The SMILES string of the molecule is O=C(O)c1ccnn1-c1ccc(-c2ccc(C3(C(=O)O)CC3)cc2)cc1. The lowest BCUT2D eigenvalue weighted by Gasteiger charge is -2.11.